The summed E-state index contributed by atoms with van der Waals surface area (Å²) in [5.41, 5.74) is -0.508. The van der Waals surface area contributed by atoms with E-state index in [9.17, 15) is 19.8 Å². The number of ketones is 1. The molecule has 2 N–H and O–H groups in total. The number of aliphatic hydroxyl groups excluding tert-OH is 1. The van der Waals surface area contributed by atoms with Crippen molar-refractivity contribution in [1.82, 2.24) is 4.90 Å². The molecule has 2 unspecified atom stereocenters. The van der Waals surface area contributed by atoms with Crippen molar-refractivity contribution in [3.63, 3.8) is 0 Å². The van der Waals surface area contributed by atoms with E-state index in [4.69, 9.17) is 4.74 Å². The number of nitrogens with zero attached hydrogens (tertiary/aromatic N) is 1. The Labute approximate surface area is 152 Å². The van der Waals surface area contributed by atoms with Crippen molar-refractivity contribution in [2.45, 2.75) is 50.5 Å². The van der Waals surface area contributed by atoms with Gasteiger partial charge in [-0.1, -0.05) is 13.0 Å². The van der Waals surface area contributed by atoms with Crippen molar-refractivity contribution in [1.29, 1.82) is 0 Å². The Hall–Kier alpha value is -1.76. The van der Waals surface area contributed by atoms with Gasteiger partial charge < -0.3 is 14.9 Å². The zero-order chi connectivity index (χ0) is 18.9. The molecule has 0 spiro atoms. The Morgan fingerprint density at radius 2 is 2.12 bits per heavy atom. The molecule has 0 saturated carbocycles. The van der Waals surface area contributed by atoms with E-state index in [-0.39, 0.29) is 23.7 Å². The molecule has 6 heteroatoms. The van der Waals surface area contributed by atoms with Gasteiger partial charge in [0.25, 0.3) is 0 Å². The zero-order valence-corrected chi connectivity index (χ0v) is 15.3. The van der Waals surface area contributed by atoms with E-state index < -0.39 is 23.2 Å². The van der Waals surface area contributed by atoms with Gasteiger partial charge in [0.2, 0.25) is 0 Å². The molecule has 6 nitrogen and oxygen atoms in total. The van der Waals surface area contributed by atoms with Crippen LogP contribution in [-0.2, 0) is 14.3 Å². The molecule has 0 aromatic heterocycles. The van der Waals surface area contributed by atoms with Crippen molar-refractivity contribution < 1.29 is 24.5 Å². The Morgan fingerprint density at radius 3 is 2.81 bits per heavy atom. The number of hydrogen-bond donors (Lipinski definition) is 2. The zero-order valence-electron chi connectivity index (χ0n) is 15.3. The van der Waals surface area contributed by atoms with Gasteiger partial charge in [-0.3, -0.25) is 14.5 Å². The summed E-state index contributed by atoms with van der Waals surface area (Å²) in [7, 11) is 1.96. The third-order valence-corrected chi connectivity index (χ3v) is 6.83. The minimum Gasteiger partial charge on any atom is -0.458 e. The van der Waals surface area contributed by atoms with Crippen LogP contribution in [0.3, 0.4) is 0 Å². The summed E-state index contributed by atoms with van der Waals surface area (Å²) in [6, 6.07) is -0.212. The van der Waals surface area contributed by atoms with Crippen LogP contribution in [0, 0.1) is 11.3 Å². The van der Waals surface area contributed by atoms with Gasteiger partial charge in [0.1, 0.15) is 17.8 Å². The van der Waals surface area contributed by atoms with Crippen molar-refractivity contribution in [3.8, 4) is 0 Å². The molecule has 1 aliphatic heterocycles. The highest BCUT2D eigenvalue weighted by molar-refractivity contribution is 5.96. The number of hydrogen-bond acceptors (Lipinski definition) is 6. The van der Waals surface area contributed by atoms with Crippen LogP contribution < -0.4 is 0 Å². The third kappa shape index (κ3) is 2.03. The van der Waals surface area contributed by atoms with Crippen molar-refractivity contribution in [2.24, 2.45) is 11.3 Å². The number of carbonyl (C=O) groups excluding carboxylic acids is 2. The number of likely N-dealkylation sites (tertiary alicyclic amines) is 1. The van der Waals surface area contributed by atoms with Gasteiger partial charge in [0.05, 0.1) is 5.41 Å². The van der Waals surface area contributed by atoms with Gasteiger partial charge in [-0.05, 0) is 55.8 Å². The lowest BCUT2D eigenvalue weighted by Crippen LogP contribution is -2.74. The van der Waals surface area contributed by atoms with Crippen molar-refractivity contribution in [3.05, 3.63) is 35.5 Å². The molecule has 4 aliphatic rings. The van der Waals surface area contributed by atoms with Gasteiger partial charge in [0, 0.05) is 18.9 Å². The summed E-state index contributed by atoms with van der Waals surface area (Å²) >= 11 is 0. The monoisotopic (exact) mass is 359 g/mol. The molecular weight excluding hydrogens is 334 g/mol. The second kappa shape index (κ2) is 5.62. The van der Waals surface area contributed by atoms with Gasteiger partial charge in [-0.15, -0.1) is 0 Å². The largest absolute Gasteiger partial charge is 0.458 e. The topological polar surface area (TPSA) is 87.1 Å². The highest BCUT2D eigenvalue weighted by Crippen LogP contribution is 2.61. The number of aliphatic hydroxyl groups is 2. The van der Waals surface area contributed by atoms with E-state index in [1.54, 1.807) is 6.08 Å². The maximum atomic E-state index is 12.4. The van der Waals surface area contributed by atoms with Gasteiger partial charge >= 0.3 is 5.97 Å². The predicted octanol–water partition coefficient (Wildman–Crippen LogP) is 0.746. The lowest BCUT2D eigenvalue weighted by Gasteiger charge is -2.64. The Bertz CT molecular complexity index is 768. The first-order valence-electron chi connectivity index (χ1n) is 9.15. The number of piperidine rings is 1. The fourth-order valence-electron chi connectivity index (χ4n) is 5.65. The molecule has 1 fully saturated rings. The third-order valence-electron chi connectivity index (χ3n) is 6.83. The van der Waals surface area contributed by atoms with E-state index in [1.807, 2.05) is 26.1 Å². The summed E-state index contributed by atoms with van der Waals surface area (Å²) in [6.07, 6.45) is 6.03. The smallest absolute Gasteiger partial charge is 0.303 e. The number of rotatable bonds is 1. The van der Waals surface area contributed by atoms with E-state index in [0.717, 1.165) is 11.1 Å². The van der Waals surface area contributed by atoms with Crippen LogP contribution in [0.2, 0.25) is 0 Å². The van der Waals surface area contributed by atoms with E-state index >= 15 is 0 Å². The average Bonchev–Trinajstić information content (AvgIpc) is 2.57. The van der Waals surface area contributed by atoms with Crippen LogP contribution in [0.1, 0.15) is 26.7 Å². The first-order chi connectivity index (χ1) is 12.2. The number of esters is 1. The fraction of sp³-hybridized carbons (Fsp3) is 0.600. The van der Waals surface area contributed by atoms with E-state index in [1.165, 1.54) is 13.0 Å². The van der Waals surface area contributed by atoms with E-state index in [0.29, 0.717) is 19.4 Å². The van der Waals surface area contributed by atoms with Crippen LogP contribution in [0.15, 0.2) is 35.5 Å². The Morgan fingerprint density at radius 1 is 1.38 bits per heavy atom. The average molecular weight is 359 g/mol. The SMILES string of the molecule is CC(=O)OC1C=CC2=C(C1C)[C@]13CCN(C)[C@H](C2)[C@]1(O)C=CC(=O)[C@@H]3O. The maximum Gasteiger partial charge on any atom is 0.303 e. The molecule has 26 heavy (non-hydrogen) atoms. The lowest BCUT2D eigenvalue weighted by molar-refractivity contribution is -0.185. The normalized spacial score (nSPS) is 44.6. The Kier molecular flexibility index (Phi) is 3.81. The second-order valence-electron chi connectivity index (χ2n) is 8.05. The molecule has 0 aromatic rings. The molecule has 1 saturated heterocycles. The van der Waals surface area contributed by atoms with Crippen LogP contribution in [0.5, 0.6) is 0 Å². The summed E-state index contributed by atoms with van der Waals surface area (Å²) in [6.45, 7) is 3.99. The van der Waals surface area contributed by atoms with Crippen molar-refractivity contribution in [2.75, 3.05) is 13.6 Å². The maximum absolute atomic E-state index is 12.4. The fourth-order valence-corrected chi connectivity index (χ4v) is 5.65. The minimum atomic E-state index is -1.33. The van der Waals surface area contributed by atoms with Crippen molar-refractivity contribution >= 4 is 11.8 Å². The standard InChI is InChI=1S/C20H25NO5/c1-11-15(26-12(2)22)5-4-13-10-16-20(25)7-6-14(23)18(24)19(20,17(11)13)8-9-21(16)3/h4-7,11,15-16,18,24-25H,8-10H2,1-3H3/t11?,15?,16-,18+,19+,20-/m1/s1. The first-order valence-corrected chi connectivity index (χ1v) is 9.15. The second-order valence-corrected chi connectivity index (χ2v) is 8.05. The quantitative estimate of drug-likeness (QED) is 0.672. The van der Waals surface area contributed by atoms with Crippen LogP contribution in [0.4, 0.5) is 0 Å². The predicted molar refractivity (Wildman–Crippen MR) is 94.1 cm³/mol. The van der Waals surface area contributed by atoms with Crippen LogP contribution in [-0.4, -0.2) is 64.3 Å². The number of ether oxygens (including phenoxy) is 1. The molecule has 140 valence electrons. The number of allylic oxidation sites excluding steroid dienone is 1. The van der Waals surface area contributed by atoms with E-state index in [2.05, 4.69) is 4.90 Å². The lowest BCUT2D eigenvalue weighted by atomic mass is 9.47. The van der Waals surface area contributed by atoms with Crippen LogP contribution >= 0.6 is 0 Å². The summed E-state index contributed by atoms with van der Waals surface area (Å²) in [5, 5.41) is 22.7. The number of likely N-dealkylation sites (N-methyl/N-ethyl adjacent to an activating group) is 1. The molecule has 0 aromatic carbocycles. The van der Waals surface area contributed by atoms with Gasteiger partial charge in [-0.2, -0.15) is 0 Å². The summed E-state index contributed by atoms with van der Waals surface area (Å²) < 4.78 is 5.45. The summed E-state index contributed by atoms with van der Waals surface area (Å²) in [5.74, 6) is -0.971. The Balaban J connectivity index is 1.92. The molecule has 3 aliphatic carbocycles. The minimum absolute atomic E-state index is 0.212. The number of carbonyl (C=O) groups is 2. The molecule has 6 atom stereocenters. The highest BCUT2D eigenvalue weighted by atomic mass is 16.5. The molecule has 4 rings (SSSR count). The van der Waals surface area contributed by atoms with Gasteiger partial charge in [0.15, 0.2) is 5.78 Å². The first kappa shape index (κ1) is 17.6. The molecule has 1 heterocycles. The van der Waals surface area contributed by atoms with Crippen LogP contribution in [0.25, 0.3) is 0 Å². The molecular formula is C20H25NO5. The molecule has 2 bridgehead atoms. The molecule has 0 radical (unpaired) electrons. The van der Waals surface area contributed by atoms with Gasteiger partial charge in [-0.25, -0.2) is 0 Å². The highest BCUT2D eigenvalue weighted by Gasteiger charge is 2.68. The molecule has 0 amide bonds. The summed E-state index contributed by atoms with van der Waals surface area (Å²) in [4.78, 5) is 26.0.